The van der Waals surface area contributed by atoms with Gasteiger partial charge < -0.3 is 14.4 Å². The van der Waals surface area contributed by atoms with E-state index in [9.17, 15) is 9.59 Å². The molecule has 1 amide bonds. The minimum Gasteiger partial charge on any atom is -0.469 e. The zero-order chi connectivity index (χ0) is 14.8. The molecule has 1 fully saturated rings. The molecule has 0 aromatic heterocycles. The molecule has 1 heterocycles. The Morgan fingerprint density at radius 2 is 1.74 bits per heavy atom. The number of amides is 1. The van der Waals surface area contributed by atoms with Crippen LogP contribution < -0.4 is 0 Å². The zero-order valence-corrected chi connectivity index (χ0v) is 12.8. The summed E-state index contributed by atoms with van der Waals surface area (Å²) in [6.07, 6.45) is 0.483. The number of nitrogens with zero attached hydrogens (tertiary/aromatic N) is 1. The van der Waals surface area contributed by atoms with Crippen molar-refractivity contribution in [2.75, 3.05) is 20.2 Å². The van der Waals surface area contributed by atoms with Gasteiger partial charge in [-0.3, -0.25) is 4.79 Å². The van der Waals surface area contributed by atoms with E-state index in [4.69, 9.17) is 9.47 Å². The molecule has 0 aliphatic carbocycles. The maximum Gasteiger partial charge on any atom is 0.410 e. The van der Waals surface area contributed by atoms with E-state index in [0.717, 1.165) is 6.42 Å². The van der Waals surface area contributed by atoms with Crippen LogP contribution in [0.1, 0.15) is 41.0 Å². The first-order valence-electron chi connectivity index (χ1n) is 6.64. The molecule has 19 heavy (non-hydrogen) atoms. The predicted molar refractivity (Wildman–Crippen MR) is 71.7 cm³/mol. The Balaban J connectivity index is 2.64. The third-order valence-corrected chi connectivity index (χ3v) is 3.57. The van der Waals surface area contributed by atoms with Crippen molar-refractivity contribution in [1.29, 1.82) is 0 Å². The fraction of sp³-hybridized carbons (Fsp3) is 0.857. The van der Waals surface area contributed by atoms with E-state index < -0.39 is 11.0 Å². The third-order valence-electron chi connectivity index (χ3n) is 3.57. The van der Waals surface area contributed by atoms with Gasteiger partial charge in [-0.2, -0.15) is 0 Å². The Hall–Kier alpha value is -1.26. The maximum atomic E-state index is 12.0. The van der Waals surface area contributed by atoms with Crippen molar-refractivity contribution >= 4 is 12.1 Å². The summed E-state index contributed by atoms with van der Waals surface area (Å²) in [5, 5.41) is 0. The number of methoxy groups -OCH3 is 1. The molecule has 0 saturated carbocycles. The van der Waals surface area contributed by atoms with E-state index in [0.29, 0.717) is 13.1 Å². The quantitative estimate of drug-likeness (QED) is 0.724. The number of hydrogen-bond acceptors (Lipinski definition) is 4. The molecule has 0 bridgehead atoms. The Morgan fingerprint density at radius 1 is 1.16 bits per heavy atom. The molecule has 1 atom stereocenters. The van der Waals surface area contributed by atoms with Gasteiger partial charge in [-0.05, 0) is 47.0 Å². The molecule has 0 unspecified atom stereocenters. The normalized spacial score (nSPS) is 20.3. The van der Waals surface area contributed by atoms with Crippen molar-refractivity contribution in [3.63, 3.8) is 0 Å². The highest BCUT2D eigenvalue weighted by Gasteiger charge is 2.43. The SMILES string of the molecule is COC(=O)C(C)(C)[C@@H]1CCN(C(=O)OC(C)(C)C)C1. The van der Waals surface area contributed by atoms with Crippen LogP contribution in [0.4, 0.5) is 4.79 Å². The standard InChI is InChI=1S/C14H25NO4/c1-13(2,3)19-12(17)15-8-7-10(9-15)14(4,5)11(16)18-6/h10H,7-9H2,1-6H3/t10-/m1/s1. The summed E-state index contributed by atoms with van der Waals surface area (Å²) in [7, 11) is 1.39. The summed E-state index contributed by atoms with van der Waals surface area (Å²) in [5.74, 6) is -0.129. The van der Waals surface area contributed by atoms with Crippen molar-refractivity contribution < 1.29 is 19.1 Å². The largest absolute Gasteiger partial charge is 0.469 e. The second kappa shape index (κ2) is 5.39. The first-order valence-corrected chi connectivity index (χ1v) is 6.64. The number of ether oxygens (including phenoxy) is 2. The van der Waals surface area contributed by atoms with E-state index in [1.54, 1.807) is 4.90 Å². The number of hydrogen-bond donors (Lipinski definition) is 0. The lowest BCUT2D eigenvalue weighted by atomic mass is 9.78. The highest BCUT2D eigenvalue weighted by atomic mass is 16.6. The number of likely N-dealkylation sites (tertiary alicyclic amines) is 1. The molecule has 0 N–H and O–H groups in total. The van der Waals surface area contributed by atoms with Gasteiger partial charge in [0.25, 0.3) is 0 Å². The summed E-state index contributed by atoms with van der Waals surface area (Å²) >= 11 is 0. The van der Waals surface area contributed by atoms with Crippen molar-refractivity contribution in [2.45, 2.75) is 46.6 Å². The monoisotopic (exact) mass is 271 g/mol. The molecule has 0 radical (unpaired) electrons. The highest BCUT2D eigenvalue weighted by Crippen LogP contribution is 2.35. The lowest BCUT2D eigenvalue weighted by molar-refractivity contribution is -0.153. The average molecular weight is 271 g/mol. The van der Waals surface area contributed by atoms with Crippen LogP contribution in [0.2, 0.25) is 0 Å². The van der Waals surface area contributed by atoms with E-state index in [1.165, 1.54) is 7.11 Å². The Labute approximate surface area is 115 Å². The van der Waals surface area contributed by atoms with Gasteiger partial charge in [0.15, 0.2) is 0 Å². The molecule has 0 spiro atoms. The smallest absolute Gasteiger partial charge is 0.410 e. The molecule has 0 aromatic rings. The Morgan fingerprint density at radius 3 is 2.21 bits per heavy atom. The van der Waals surface area contributed by atoms with E-state index in [-0.39, 0.29) is 18.0 Å². The van der Waals surface area contributed by atoms with Gasteiger partial charge in [0.05, 0.1) is 12.5 Å². The van der Waals surface area contributed by atoms with Gasteiger partial charge in [0.1, 0.15) is 5.60 Å². The van der Waals surface area contributed by atoms with E-state index in [2.05, 4.69) is 0 Å². The van der Waals surface area contributed by atoms with Gasteiger partial charge >= 0.3 is 12.1 Å². The number of rotatable bonds is 2. The molecule has 1 saturated heterocycles. The van der Waals surface area contributed by atoms with Gasteiger partial charge in [-0.1, -0.05) is 0 Å². The third kappa shape index (κ3) is 3.85. The van der Waals surface area contributed by atoms with Crippen LogP contribution in [0, 0.1) is 11.3 Å². The maximum absolute atomic E-state index is 12.0. The molecule has 1 aliphatic heterocycles. The van der Waals surface area contributed by atoms with Crippen LogP contribution >= 0.6 is 0 Å². The van der Waals surface area contributed by atoms with E-state index in [1.807, 2.05) is 34.6 Å². The number of esters is 1. The lowest BCUT2D eigenvalue weighted by Crippen LogP contribution is -2.39. The molecule has 110 valence electrons. The molecule has 1 aliphatic rings. The van der Waals surface area contributed by atoms with Gasteiger partial charge in [0, 0.05) is 13.1 Å². The van der Waals surface area contributed by atoms with Crippen LogP contribution in [-0.4, -0.2) is 42.8 Å². The van der Waals surface area contributed by atoms with Crippen LogP contribution in [0.3, 0.4) is 0 Å². The van der Waals surface area contributed by atoms with Crippen LogP contribution in [0.15, 0.2) is 0 Å². The summed E-state index contributed by atoms with van der Waals surface area (Å²) < 4.78 is 10.2. The first kappa shape index (κ1) is 15.8. The minimum absolute atomic E-state index is 0.104. The Kier molecular flexibility index (Phi) is 4.48. The van der Waals surface area contributed by atoms with Crippen LogP contribution in [-0.2, 0) is 14.3 Å². The lowest BCUT2D eigenvalue weighted by Gasteiger charge is -2.29. The fourth-order valence-corrected chi connectivity index (χ4v) is 2.27. The molecular weight excluding hydrogens is 246 g/mol. The number of carbonyl (C=O) groups is 2. The first-order chi connectivity index (χ1) is 8.58. The molecular formula is C14H25NO4. The molecule has 5 nitrogen and oxygen atoms in total. The van der Waals surface area contributed by atoms with Crippen LogP contribution in [0.5, 0.6) is 0 Å². The number of carbonyl (C=O) groups excluding carboxylic acids is 2. The van der Waals surface area contributed by atoms with Crippen molar-refractivity contribution in [3.05, 3.63) is 0 Å². The Bertz CT molecular complexity index is 357. The van der Waals surface area contributed by atoms with E-state index >= 15 is 0 Å². The second-order valence-electron chi connectivity index (χ2n) is 6.63. The summed E-state index contributed by atoms with van der Waals surface area (Å²) in [5.41, 5.74) is -1.07. The van der Waals surface area contributed by atoms with Crippen molar-refractivity contribution in [1.82, 2.24) is 4.90 Å². The highest BCUT2D eigenvalue weighted by molar-refractivity contribution is 5.76. The molecule has 0 aromatic carbocycles. The topological polar surface area (TPSA) is 55.8 Å². The van der Waals surface area contributed by atoms with Gasteiger partial charge in [0.2, 0.25) is 0 Å². The summed E-state index contributed by atoms with van der Waals surface area (Å²) in [6, 6.07) is 0. The molecule has 5 heteroatoms. The predicted octanol–water partition coefficient (Wildman–Crippen LogP) is 2.44. The average Bonchev–Trinajstić information content (AvgIpc) is 2.75. The van der Waals surface area contributed by atoms with Crippen LogP contribution in [0.25, 0.3) is 0 Å². The summed E-state index contributed by atoms with van der Waals surface area (Å²) in [6.45, 7) is 10.4. The zero-order valence-electron chi connectivity index (χ0n) is 12.8. The minimum atomic E-state index is -0.578. The van der Waals surface area contributed by atoms with Crippen molar-refractivity contribution in [3.8, 4) is 0 Å². The van der Waals surface area contributed by atoms with Gasteiger partial charge in [-0.15, -0.1) is 0 Å². The fourth-order valence-electron chi connectivity index (χ4n) is 2.27. The summed E-state index contributed by atoms with van der Waals surface area (Å²) in [4.78, 5) is 25.4. The second-order valence-corrected chi connectivity index (χ2v) is 6.63. The van der Waals surface area contributed by atoms with Gasteiger partial charge in [-0.25, -0.2) is 4.79 Å². The van der Waals surface area contributed by atoms with Crippen molar-refractivity contribution in [2.24, 2.45) is 11.3 Å². The molecule has 1 rings (SSSR count).